The number of ketones is 1. The Morgan fingerprint density at radius 3 is 2.47 bits per heavy atom. The number of hydrogen-bond donors (Lipinski definition) is 0. The minimum Gasteiger partial charge on any atom is -0.298 e. The van der Waals surface area contributed by atoms with Crippen molar-refractivity contribution in [2.24, 2.45) is 0 Å². The lowest BCUT2D eigenvalue weighted by Gasteiger charge is -2.08. The molecule has 1 aromatic rings. The van der Waals surface area contributed by atoms with Gasteiger partial charge in [0.25, 0.3) is 6.43 Å². The molecule has 0 bridgehead atoms. The van der Waals surface area contributed by atoms with E-state index in [1.807, 2.05) is 0 Å². The summed E-state index contributed by atoms with van der Waals surface area (Å²) < 4.78 is 24.8. The monoisotopic (exact) mass is 232 g/mol. The maximum atomic E-state index is 12.4. The molecule has 0 N–H and O–H groups in total. The Morgan fingerprint density at radius 1 is 1.47 bits per heavy atom. The van der Waals surface area contributed by atoms with Gasteiger partial charge in [-0.2, -0.15) is 0 Å². The first-order chi connectivity index (χ1) is 6.99. The number of alkyl halides is 2. The van der Waals surface area contributed by atoms with E-state index < -0.39 is 17.8 Å². The Hall–Kier alpha value is -1.29. The fourth-order valence-corrected chi connectivity index (χ4v) is 1.62. The molecular weight excluding hydrogens is 226 g/mol. The molecule has 80 valence electrons. The highest BCUT2D eigenvalue weighted by Gasteiger charge is 2.19. The van der Waals surface area contributed by atoms with Crippen LogP contribution in [0.4, 0.5) is 8.78 Å². The maximum absolute atomic E-state index is 12.4. The Kier molecular flexibility index (Phi) is 3.52. The lowest BCUT2D eigenvalue weighted by atomic mass is 10.0. The van der Waals surface area contributed by atoms with Crippen LogP contribution in [-0.4, -0.2) is 12.1 Å². The minimum absolute atomic E-state index is 0.0249. The van der Waals surface area contributed by atoms with Crippen molar-refractivity contribution in [1.29, 1.82) is 0 Å². The number of carbonyl (C=O) groups excluding carboxylic acids is 2. The van der Waals surface area contributed by atoms with Gasteiger partial charge >= 0.3 is 0 Å². The van der Waals surface area contributed by atoms with Gasteiger partial charge in [-0.25, -0.2) is 8.78 Å². The second-order valence-electron chi connectivity index (χ2n) is 2.91. The summed E-state index contributed by atoms with van der Waals surface area (Å²) in [6, 6.07) is 2.21. The summed E-state index contributed by atoms with van der Waals surface area (Å²) in [4.78, 5) is 21.7. The molecule has 0 atom stereocenters. The zero-order valence-corrected chi connectivity index (χ0v) is 8.52. The van der Waals surface area contributed by atoms with Gasteiger partial charge in [-0.1, -0.05) is 23.7 Å². The predicted octanol–water partition coefficient (Wildman–Crippen LogP) is 3.29. The Balaban J connectivity index is 3.49. The average molecular weight is 233 g/mol. The van der Waals surface area contributed by atoms with Gasteiger partial charge in [0.15, 0.2) is 12.1 Å². The molecule has 0 amide bonds. The topological polar surface area (TPSA) is 34.1 Å². The van der Waals surface area contributed by atoms with E-state index in [1.165, 1.54) is 6.92 Å². The van der Waals surface area contributed by atoms with Crippen LogP contribution in [0.1, 0.15) is 39.6 Å². The standard InChI is InChI=1S/C10H7ClF2O2/c1-5(15)8-6(4-14)2-3-7(9(8)11)10(12)13/h2-4,10H,1H3. The molecule has 2 nitrogen and oxygen atoms in total. The number of carbonyl (C=O) groups is 2. The normalized spacial score (nSPS) is 10.5. The fourth-order valence-electron chi connectivity index (χ4n) is 1.23. The molecule has 0 aliphatic carbocycles. The van der Waals surface area contributed by atoms with E-state index in [-0.39, 0.29) is 16.1 Å². The second-order valence-corrected chi connectivity index (χ2v) is 3.29. The van der Waals surface area contributed by atoms with Crippen LogP contribution in [0.3, 0.4) is 0 Å². The van der Waals surface area contributed by atoms with E-state index in [0.29, 0.717) is 6.29 Å². The molecule has 0 fully saturated rings. The Labute approximate surface area is 89.8 Å². The van der Waals surface area contributed by atoms with Gasteiger partial charge < -0.3 is 0 Å². The van der Waals surface area contributed by atoms with E-state index in [9.17, 15) is 18.4 Å². The van der Waals surface area contributed by atoms with Crippen molar-refractivity contribution in [3.8, 4) is 0 Å². The van der Waals surface area contributed by atoms with E-state index in [1.54, 1.807) is 0 Å². The molecule has 0 aliphatic heterocycles. The van der Waals surface area contributed by atoms with E-state index in [0.717, 1.165) is 12.1 Å². The first-order valence-corrected chi connectivity index (χ1v) is 4.43. The lowest BCUT2D eigenvalue weighted by Crippen LogP contribution is -2.03. The van der Waals surface area contributed by atoms with Crippen molar-refractivity contribution in [2.45, 2.75) is 13.3 Å². The molecule has 1 rings (SSSR count). The van der Waals surface area contributed by atoms with Crippen molar-refractivity contribution >= 4 is 23.7 Å². The molecule has 0 aromatic heterocycles. The third kappa shape index (κ3) is 2.21. The lowest BCUT2D eigenvalue weighted by molar-refractivity contribution is 0.100. The number of Topliss-reactive ketones (excluding diaryl/α,β-unsaturated/α-hetero) is 1. The quantitative estimate of drug-likeness (QED) is 0.592. The zero-order chi connectivity index (χ0) is 11.6. The second kappa shape index (κ2) is 4.49. The first-order valence-electron chi connectivity index (χ1n) is 4.05. The van der Waals surface area contributed by atoms with Crippen LogP contribution >= 0.6 is 11.6 Å². The summed E-state index contributed by atoms with van der Waals surface area (Å²) in [5, 5.41) is -0.345. The molecule has 5 heteroatoms. The van der Waals surface area contributed by atoms with Crippen molar-refractivity contribution in [1.82, 2.24) is 0 Å². The van der Waals surface area contributed by atoms with Gasteiger partial charge in [0.05, 0.1) is 5.02 Å². The summed E-state index contributed by atoms with van der Waals surface area (Å²) in [6.07, 6.45) is -2.35. The van der Waals surface area contributed by atoms with Crippen LogP contribution in [-0.2, 0) is 0 Å². The predicted molar refractivity (Wildman–Crippen MR) is 51.8 cm³/mol. The van der Waals surface area contributed by atoms with E-state index in [4.69, 9.17) is 11.6 Å². The summed E-state index contributed by atoms with van der Waals surface area (Å²) in [7, 11) is 0. The highest BCUT2D eigenvalue weighted by Crippen LogP contribution is 2.31. The third-order valence-corrected chi connectivity index (χ3v) is 2.33. The largest absolute Gasteiger partial charge is 0.298 e. The van der Waals surface area contributed by atoms with Gasteiger partial charge in [0.1, 0.15) is 0 Å². The average Bonchev–Trinajstić information content (AvgIpc) is 2.15. The van der Waals surface area contributed by atoms with Gasteiger partial charge in [-0.05, 0) is 6.92 Å². The molecular formula is C10H7ClF2O2. The number of benzene rings is 1. The van der Waals surface area contributed by atoms with E-state index >= 15 is 0 Å². The molecule has 0 radical (unpaired) electrons. The van der Waals surface area contributed by atoms with Gasteiger partial charge in [-0.15, -0.1) is 0 Å². The molecule has 0 spiro atoms. The first kappa shape index (κ1) is 11.8. The highest BCUT2D eigenvalue weighted by atomic mass is 35.5. The highest BCUT2D eigenvalue weighted by molar-refractivity contribution is 6.35. The van der Waals surface area contributed by atoms with Gasteiger partial charge in [0.2, 0.25) is 0 Å². The van der Waals surface area contributed by atoms with Crippen LogP contribution in [0.25, 0.3) is 0 Å². The molecule has 0 aliphatic rings. The molecule has 0 unspecified atom stereocenters. The third-order valence-electron chi connectivity index (χ3n) is 1.92. The van der Waals surface area contributed by atoms with Crippen molar-refractivity contribution in [3.05, 3.63) is 33.8 Å². The summed E-state index contributed by atoms with van der Waals surface area (Å²) in [6.45, 7) is 1.17. The maximum Gasteiger partial charge on any atom is 0.265 e. The molecule has 0 saturated heterocycles. The molecule has 15 heavy (non-hydrogen) atoms. The number of aldehydes is 1. The fraction of sp³-hybridized carbons (Fsp3) is 0.200. The van der Waals surface area contributed by atoms with Gasteiger partial charge in [-0.3, -0.25) is 9.59 Å². The molecule has 1 aromatic carbocycles. The minimum atomic E-state index is -2.77. The zero-order valence-electron chi connectivity index (χ0n) is 7.76. The van der Waals surface area contributed by atoms with Gasteiger partial charge in [0, 0.05) is 16.7 Å². The number of halogens is 3. The summed E-state index contributed by atoms with van der Waals surface area (Å²) in [5.41, 5.74) is -0.561. The summed E-state index contributed by atoms with van der Waals surface area (Å²) in [5.74, 6) is -0.510. The summed E-state index contributed by atoms with van der Waals surface area (Å²) >= 11 is 5.62. The van der Waals surface area contributed by atoms with Crippen LogP contribution in [0.2, 0.25) is 5.02 Å². The molecule has 0 heterocycles. The molecule has 0 saturated carbocycles. The van der Waals surface area contributed by atoms with Crippen LogP contribution in [0.15, 0.2) is 12.1 Å². The van der Waals surface area contributed by atoms with Crippen LogP contribution in [0, 0.1) is 0 Å². The smallest absolute Gasteiger partial charge is 0.265 e. The number of hydrogen-bond acceptors (Lipinski definition) is 2. The van der Waals surface area contributed by atoms with Crippen molar-refractivity contribution in [3.63, 3.8) is 0 Å². The Morgan fingerprint density at radius 2 is 2.07 bits per heavy atom. The van der Waals surface area contributed by atoms with Crippen LogP contribution < -0.4 is 0 Å². The Bertz CT molecular complexity index is 416. The SMILES string of the molecule is CC(=O)c1c(C=O)ccc(C(F)F)c1Cl. The van der Waals surface area contributed by atoms with E-state index in [2.05, 4.69) is 0 Å². The van der Waals surface area contributed by atoms with Crippen molar-refractivity contribution < 1.29 is 18.4 Å². The van der Waals surface area contributed by atoms with Crippen molar-refractivity contribution in [2.75, 3.05) is 0 Å². The number of rotatable bonds is 3. The van der Waals surface area contributed by atoms with Crippen LogP contribution in [0.5, 0.6) is 0 Å².